The Morgan fingerprint density at radius 1 is 1.36 bits per heavy atom. The lowest BCUT2D eigenvalue weighted by Crippen LogP contribution is -2.36. The fourth-order valence-corrected chi connectivity index (χ4v) is 3.71. The average molecular weight is 220 g/mol. The van der Waals surface area contributed by atoms with Crippen LogP contribution in [0.25, 0.3) is 0 Å². The van der Waals surface area contributed by atoms with Gasteiger partial charge < -0.3 is 11.5 Å². The number of nitrogens with two attached hydrogens (primary N) is 2. The summed E-state index contributed by atoms with van der Waals surface area (Å²) in [4.78, 5) is 0. The third kappa shape index (κ3) is 2.10. The zero-order chi connectivity index (χ0) is 10.8. The predicted molar refractivity (Wildman–Crippen MR) is 57.6 cm³/mol. The van der Waals surface area contributed by atoms with Crippen molar-refractivity contribution in [3.05, 3.63) is 0 Å². The van der Waals surface area contributed by atoms with Crippen molar-refractivity contribution >= 4 is 9.84 Å². The van der Waals surface area contributed by atoms with Crippen molar-refractivity contribution in [1.82, 2.24) is 0 Å². The van der Waals surface area contributed by atoms with E-state index in [9.17, 15) is 8.42 Å². The molecule has 4 N–H and O–H groups in total. The van der Waals surface area contributed by atoms with Gasteiger partial charge in [0.25, 0.3) is 0 Å². The van der Waals surface area contributed by atoms with Gasteiger partial charge in [-0.15, -0.1) is 0 Å². The summed E-state index contributed by atoms with van der Waals surface area (Å²) in [7, 11) is -2.90. The molecule has 0 radical (unpaired) electrons. The van der Waals surface area contributed by atoms with Gasteiger partial charge in [0.15, 0.2) is 9.84 Å². The summed E-state index contributed by atoms with van der Waals surface area (Å²) in [6.45, 7) is 2.69. The van der Waals surface area contributed by atoms with E-state index in [4.69, 9.17) is 11.5 Å². The molecule has 0 aromatic carbocycles. The van der Waals surface area contributed by atoms with Crippen molar-refractivity contribution in [2.75, 3.05) is 18.8 Å². The summed E-state index contributed by atoms with van der Waals surface area (Å²) in [5.74, 6) is 0.225. The average Bonchev–Trinajstić information content (AvgIpc) is 2.63. The second-order valence-electron chi connectivity index (χ2n) is 4.22. The molecule has 0 aromatic rings. The summed E-state index contributed by atoms with van der Waals surface area (Å²) in [6, 6.07) is 0. The lowest BCUT2D eigenvalue weighted by atomic mass is 9.87. The minimum absolute atomic E-state index is 0.118. The largest absolute Gasteiger partial charge is 0.330 e. The number of hydrogen-bond acceptors (Lipinski definition) is 4. The Morgan fingerprint density at radius 2 is 1.93 bits per heavy atom. The lowest BCUT2D eigenvalue weighted by Gasteiger charge is -2.25. The maximum Gasteiger partial charge on any atom is 0.152 e. The van der Waals surface area contributed by atoms with Crippen LogP contribution >= 0.6 is 0 Å². The second-order valence-corrected chi connectivity index (χ2v) is 6.79. The van der Waals surface area contributed by atoms with Gasteiger partial charge in [-0.05, 0) is 37.8 Å². The molecule has 1 aliphatic carbocycles. The highest BCUT2D eigenvalue weighted by molar-refractivity contribution is 7.92. The minimum Gasteiger partial charge on any atom is -0.330 e. The van der Waals surface area contributed by atoms with E-state index in [0.29, 0.717) is 19.5 Å². The van der Waals surface area contributed by atoms with E-state index in [1.54, 1.807) is 6.92 Å². The molecule has 5 heteroatoms. The quantitative estimate of drug-likeness (QED) is 0.691. The van der Waals surface area contributed by atoms with Crippen molar-refractivity contribution in [2.24, 2.45) is 16.9 Å². The van der Waals surface area contributed by atoms with Crippen molar-refractivity contribution in [3.63, 3.8) is 0 Å². The fraction of sp³-hybridized carbons (Fsp3) is 1.00. The first-order chi connectivity index (χ1) is 6.49. The van der Waals surface area contributed by atoms with Gasteiger partial charge in [-0.1, -0.05) is 6.92 Å². The first-order valence-corrected chi connectivity index (χ1v) is 6.83. The number of hydrogen-bond donors (Lipinski definition) is 2. The maximum atomic E-state index is 11.6. The van der Waals surface area contributed by atoms with Crippen LogP contribution in [0.3, 0.4) is 0 Å². The molecule has 0 spiro atoms. The molecule has 14 heavy (non-hydrogen) atoms. The van der Waals surface area contributed by atoms with Crippen LogP contribution in [0.15, 0.2) is 0 Å². The molecular weight excluding hydrogens is 200 g/mol. The zero-order valence-corrected chi connectivity index (χ0v) is 9.52. The Hall–Kier alpha value is -0.130. The minimum atomic E-state index is -2.90. The van der Waals surface area contributed by atoms with E-state index in [-0.39, 0.29) is 16.4 Å². The number of sulfone groups is 1. The molecule has 0 bridgehead atoms. The fourth-order valence-electron chi connectivity index (χ4n) is 2.15. The predicted octanol–water partition coefficient (Wildman–Crippen LogP) is -0.123. The van der Waals surface area contributed by atoms with Crippen LogP contribution in [0.1, 0.15) is 26.2 Å². The Balaban J connectivity index is 2.74. The summed E-state index contributed by atoms with van der Waals surface area (Å²) in [6.07, 6.45) is 2.23. The van der Waals surface area contributed by atoms with Gasteiger partial charge in [-0.2, -0.15) is 0 Å². The van der Waals surface area contributed by atoms with Gasteiger partial charge >= 0.3 is 0 Å². The van der Waals surface area contributed by atoms with E-state index in [2.05, 4.69) is 0 Å². The zero-order valence-electron chi connectivity index (χ0n) is 8.70. The van der Waals surface area contributed by atoms with Crippen LogP contribution in [0.2, 0.25) is 0 Å². The summed E-state index contributed by atoms with van der Waals surface area (Å²) < 4.78 is 23.3. The van der Waals surface area contributed by atoms with Gasteiger partial charge in [0.05, 0.1) is 5.25 Å². The molecule has 1 saturated carbocycles. The van der Waals surface area contributed by atoms with Crippen molar-refractivity contribution in [1.29, 1.82) is 0 Å². The maximum absolute atomic E-state index is 11.6. The Bertz CT molecular complexity index is 283. The van der Waals surface area contributed by atoms with Gasteiger partial charge in [-0.3, -0.25) is 0 Å². The highest BCUT2D eigenvalue weighted by atomic mass is 32.2. The SMILES string of the molecule is CCS(=O)(=O)[C@@H]1CCC(CN)(CN)C1. The lowest BCUT2D eigenvalue weighted by molar-refractivity contribution is 0.321. The van der Waals surface area contributed by atoms with E-state index in [0.717, 1.165) is 12.8 Å². The molecule has 0 unspecified atom stereocenters. The van der Waals surface area contributed by atoms with Gasteiger partial charge in [0.2, 0.25) is 0 Å². The molecule has 1 aliphatic rings. The molecule has 1 rings (SSSR count). The summed E-state index contributed by atoms with van der Waals surface area (Å²) in [5, 5.41) is -0.209. The van der Waals surface area contributed by atoms with E-state index >= 15 is 0 Å². The van der Waals surface area contributed by atoms with E-state index < -0.39 is 9.84 Å². The molecule has 0 heterocycles. The Morgan fingerprint density at radius 3 is 2.29 bits per heavy atom. The van der Waals surface area contributed by atoms with E-state index in [1.165, 1.54) is 0 Å². The topological polar surface area (TPSA) is 86.2 Å². The first-order valence-electron chi connectivity index (χ1n) is 5.11. The second kappa shape index (κ2) is 4.16. The Labute approximate surface area is 86.0 Å². The molecule has 84 valence electrons. The van der Waals surface area contributed by atoms with Gasteiger partial charge in [0, 0.05) is 5.75 Å². The standard InChI is InChI=1S/C9H20N2O2S/c1-2-14(12,13)8-3-4-9(5-8,6-10)7-11/h8H,2-7,10-11H2,1H3/t8-/m1/s1. The molecule has 0 aromatic heterocycles. The molecule has 0 saturated heterocycles. The number of rotatable bonds is 4. The smallest absolute Gasteiger partial charge is 0.152 e. The van der Waals surface area contributed by atoms with Gasteiger partial charge in [0.1, 0.15) is 0 Å². The van der Waals surface area contributed by atoms with Crippen LogP contribution < -0.4 is 11.5 Å². The molecule has 0 amide bonds. The third-order valence-corrected chi connectivity index (χ3v) is 5.66. The highest BCUT2D eigenvalue weighted by Crippen LogP contribution is 2.39. The molecule has 1 atom stereocenters. The normalized spacial score (nSPS) is 26.6. The monoisotopic (exact) mass is 220 g/mol. The third-order valence-electron chi connectivity index (χ3n) is 3.43. The molecule has 1 fully saturated rings. The van der Waals surface area contributed by atoms with Crippen LogP contribution in [-0.4, -0.2) is 32.5 Å². The van der Waals surface area contributed by atoms with Crippen LogP contribution in [0.5, 0.6) is 0 Å². The van der Waals surface area contributed by atoms with Crippen LogP contribution in [-0.2, 0) is 9.84 Å². The van der Waals surface area contributed by atoms with E-state index in [1.807, 2.05) is 0 Å². The molecular formula is C9H20N2O2S. The Kier molecular flexibility index (Phi) is 3.55. The van der Waals surface area contributed by atoms with Gasteiger partial charge in [-0.25, -0.2) is 8.42 Å². The van der Waals surface area contributed by atoms with Crippen LogP contribution in [0, 0.1) is 5.41 Å². The summed E-state index contributed by atoms with van der Waals surface area (Å²) >= 11 is 0. The summed E-state index contributed by atoms with van der Waals surface area (Å²) in [5.41, 5.74) is 11.2. The van der Waals surface area contributed by atoms with Crippen molar-refractivity contribution < 1.29 is 8.42 Å². The van der Waals surface area contributed by atoms with Crippen molar-refractivity contribution in [3.8, 4) is 0 Å². The molecule has 0 aliphatic heterocycles. The van der Waals surface area contributed by atoms with Crippen LogP contribution in [0.4, 0.5) is 0 Å². The highest BCUT2D eigenvalue weighted by Gasteiger charge is 2.41. The molecule has 4 nitrogen and oxygen atoms in total. The first kappa shape index (κ1) is 11.9. The van der Waals surface area contributed by atoms with Crippen molar-refractivity contribution in [2.45, 2.75) is 31.4 Å².